The summed E-state index contributed by atoms with van der Waals surface area (Å²) < 4.78 is 4.00. The van der Waals surface area contributed by atoms with Crippen molar-refractivity contribution in [3.05, 3.63) is 66.6 Å². The largest absolute Gasteiger partial charge is 1.00 e. The van der Waals surface area contributed by atoms with E-state index in [0.717, 1.165) is 32.0 Å². The zero-order valence-electron chi connectivity index (χ0n) is 15.8. The summed E-state index contributed by atoms with van der Waals surface area (Å²) in [5.41, 5.74) is 2.18. The maximum absolute atomic E-state index is 10.6. The second-order valence-electron chi connectivity index (χ2n) is 5.92. The van der Waals surface area contributed by atoms with Crippen molar-refractivity contribution >= 4 is 54.5 Å². The molecule has 2 aromatic heterocycles. The van der Waals surface area contributed by atoms with Gasteiger partial charge in [0.05, 0.1) is 25.1 Å². The van der Waals surface area contributed by atoms with E-state index in [1.54, 1.807) is 35.6 Å². The van der Waals surface area contributed by atoms with E-state index in [9.17, 15) is 20.2 Å². The normalized spacial score (nSPS) is 10.3. The summed E-state index contributed by atoms with van der Waals surface area (Å²) in [5, 5.41) is 23.2. The maximum atomic E-state index is 10.6. The fraction of sp³-hybridized carbons (Fsp3) is 0.222. The summed E-state index contributed by atoms with van der Waals surface area (Å²) in [6.07, 6.45) is 0. The van der Waals surface area contributed by atoms with Gasteiger partial charge in [0, 0.05) is 37.3 Å². The predicted molar refractivity (Wildman–Crippen MR) is 110 cm³/mol. The van der Waals surface area contributed by atoms with E-state index in [4.69, 9.17) is 0 Å². The Bertz CT molecular complexity index is 1210. The van der Waals surface area contributed by atoms with E-state index in [-0.39, 0.29) is 40.3 Å². The summed E-state index contributed by atoms with van der Waals surface area (Å²) in [7, 11) is 0. The molecule has 0 saturated carbocycles. The van der Waals surface area contributed by atoms with E-state index in [1.807, 2.05) is 19.9 Å². The highest BCUT2D eigenvalue weighted by Crippen LogP contribution is 2.26. The van der Waals surface area contributed by atoms with Gasteiger partial charge in [-0.05, 0) is 19.9 Å². The third-order valence-corrected chi connectivity index (χ3v) is 6.09. The lowest BCUT2D eigenvalue weighted by Crippen LogP contribution is -3.00. The number of benzene rings is 2. The summed E-state index contributed by atoms with van der Waals surface area (Å²) in [6.45, 7) is 6.88. The van der Waals surface area contributed by atoms with Crippen LogP contribution >= 0.6 is 22.7 Å². The lowest BCUT2D eigenvalue weighted by molar-refractivity contribution is -0.669. The molecule has 2 heterocycles. The van der Waals surface area contributed by atoms with Crippen LogP contribution in [0.3, 0.4) is 0 Å². The molecular formula is C18H17IN4O4S2. The number of hydrogen-bond acceptors (Lipinski definition) is 7. The molecule has 0 atom stereocenters. The Hall–Kier alpha value is -2.25. The van der Waals surface area contributed by atoms with Crippen molar-refractivity contribution in [2.45, 2.75) is 27.3 Å². The Morgan fingerprint density at radius 2 is 1.55 bits per heavy atom. The lowest BCUT2D eigenvalue weighted by Gasteiger charge is -1.91. The Kier molecular flexibility index (Phi) is 7.54. The van der Waals surface area contributed by atoms with Crippen LogP contribution in [0.1, 0.15) is 16.9 Å². The SMILES string of the molecule is CC[n+]1c(C)sc2cc([N+](=O)[O-])ccc21.Cc1nc2ccc([N+](=O)[O-])cc2s1.[I-]. The number of rotatable bonds is 3. The van der Waals surface area contributed by atoms with Crippen LogP contribution in [-0.4, -0.2) is 14.8 Å². The van der Waals surface area contributed by atoms with Gasteiger partial charge in [-0.2, -0.15) is 4.57 Å². The molecule has 4 rings (SSSR count). The third kappa shape index (κ3) is 5.03. The smallest absolute Gasteiger partial charge is 0.271 e. The number of fused-ring (bicyclic) bond motifs is 2. The van der Waals surface area contributed by atoms with Gasteiger partial charge in [0.2, 0.25) is 10.5 Å². The van der Waals surface area contributed by atoms with Crippen LogP contribution in [0.25, 0.3) is 20.4 Å². The van der Waals surface area contributed by atoms with Gasteiger partial charge in [0.1, 0.15) is 11.2 Å². The highest BCUT2D eigenvalue weighted by Gasteiger charge is 2.18. The monoisotopic (exact) mass is 544 g/mol. The lowest BCUT2D eigenvalue weighted by atomic mass is 10.3. The summed E-state index contributed by atoms with van der Waals surface area (Å²) >= 11 is 3.06. The number of nitro benzene ring substituents is 2. The number of nitro groups is 2. The van der Waals surface area contributed by atoms with Crippen molar-refractivity contribution in [2.75, 3.05) is 0 Å². The van der Waals surface area contributed by atoms with Gasteiger partial charge in [-0.3, -0.25) is 20.2 Å². The quantitative estimate of drug-likeness (QED) is 0.170. The van der Waals surface area contributed by atoms with Gasteiger partial charge < -0.3 is 24.0 Å². The number of aryl methyl sites for hydroxylation is 3. The average Bonchev–Trinajstić information content (AvgIpc) is 3.17. The molecule has 152 valence electrons. The van der Waals surface area contributed by atoms with E-state index in [1.165, 1.54) is 22.4 Å². The fourth-order valence-electron chi connectivity index (χ4n) is 2.84. The van der Waals surface area contributed by atoms with Crippen LogP contribution in [0.4, 0.5) is 11.4 Å². The molecule has 0 amide bonds. The number of aromatic nitrogens is 2. The fourth-order valence-corrected chi connectivity index (χ4v) is 4.82. The molecule has 8 nitrogen and oxygen atoms in total. The summed E-state index contributed by atoms with van der Waals surface area (Å²) in [5.74, 6) is 0. The van der Waals surface area contributed by atoms with Gasteiger partial charge >= 0.3 is 0 Å². The minimum absolute atomic E-state index is 0. The molecule has 0 aliphatic rings. The van der Waals surface area contributed by atoms with E-state index < -0.39 is 4.92 Å². The molecule has 0 unspecified atom stereocenters. The molecule has 0 spiro atoms. The number of thiazole rings is 2. The highest BCUT2D eigenvalue weighted by atomic mass is 127. The van der Waals surface area contributed by atoms with Crippen molar-refractivity contribution in [2.24, 2.45) is 0 Å². The van der Waals surface area contributed by atoms with Crippen molar-refractivity contribution in [3.63, 3.8) is 0 Å². The van der Waals surface area contributed by atoms with Gasteiger partial charge in [0.15, 0.2) is 0 Å². The van der Waals surface area contributed by atoms with Crippen molar-refractivity contribution in [3.8, 4) is 0 Å². The Morgan fingerprint density at radius 3 is 2.14 bits per heavy atom. The molecule has 0 aliphatic carbocycles. The maximum Gasteiger partial charge on any atom is 0.271 e. The second-order valence-corrected chi connectivity index (χ2v) is 8.39. The van der Waals surface area contributed by atoms with Crippen molar-refractivity contribution in [1.29, 1.82) is 0 Å². The number of hydrogen-bond donors (Lipinski definition) is 0. The number of nitrogens with zero attached hydrogens (tertiary/aromatic N) is 4. The molecule has 29 heavy (non-hydrogen) atoms. The Balaban J connectivity index is 0.000000202. The van der Waals surface area contributed by atoms with E-state index >= 15 is 0 Å². The van der Waals surface area contributed by atoms with Crippen molar-refractivity contribution < 1.29 is 38.4 Å². The zero-order chi connectivity index (χ0) is 20.4. The topological polar surface area (TPSA) is 103 Å². The van der Waals surface area contributed by atoms with Crippen LogP contribution in [0.5, 0.6) is 0 Å². The van der Waals surface area contributed by atoms with Gasteiger partial charge in [-0.15, -0.1) is 11.3 Å². The molecule has 0 radical (unpaired) electrons. The van der Waals surface area contributed by atoms with Crippen LogP contribution in [0.15, 0.2) is 36.4 Å². The standard InChI is InChI=1S/C10H11N2O2S.C8H6N2O2S.HI/c1-3-11-7(2)15-10-6-8(12(13)14)4-5-9(10)11;1-5-9-7-3-2-6(10(11)12)4-8(7)13-5;/h4-6H,3H2,1-2H3;2-4H,1H3;1H/q+1;;/p-1. The molecular weight excluding hydrogens is 527 g/mol. The van der Waals surface area contributed by atoms with Crippen LogP contribution in [0, 0.1) is 34.1 Å². The van der Waals surface area contributed by atoms with Crippen LogP contribution in [0.2, 0.25) is 0 Å². The van der Waals surface area contributed by atoms with E-state index in [2.05, 4.69) is 16.5 Å². The average molecular weight is 544 g/mol. The second kappa shape index (κ2) is 9.50. The summed E-state index contributed by atoms with van der Waals surface area (Å²) in [4.78, 5) is 24.5. The summed E-state index contributed by atoms with van der Waals surface area (Å²) in [6, 6.07) is 9.72. The third-order valence-electron chi connectivity index (χ3n) is 4.09. The van der Waals surface area contributed by atoms with Gasteiger partial charge in [-0.1, -0.05) is 11.3 Å². The molecule has 0 aliphatic heterocycles. The van der Waals surface area contributed by atoms with E-state index in [0.29, 0.717) is 0 Å². The van der Waals surface area contributed by atoms with Crippen molar-refractivity contribution in [1.82, 2.24) is 4.98 Å². The predicted octanol–water partition coefficient (Wildman–Crippen LogP) is 1.94. The first-order chi connectivity index (χ1) is 13.3. The first-order valence-corrected chi connectivity index (χ1v) is 10.0. The first-order valence-electron chi connectivity index (χ1n) is 8.39. The molecule has 0 N–H and O–H groups in total. The first kappa shape index (κ1) is 23.0. The molecule has 4 aromatic rings. The van der Waals surface area contributed by atoms with Gasteiger partial charge in [-0.25, -0.2) is 4.98 Å². The van der Waals surface area contributed by atoms with Crippen LogP contribution < -0.4 is 28.5 Å². The van der Waals surface area contributed by atoms with Gasteiger partial charge in [0.25, 0.3) is 11.4 Å². The Labute approximate surface area is 191 Å². The molecule has 0 saturated heterocycles. The molecule has 0 bridgehead atoms. The highest BCUT2D eigenvalue weighted by molar-refractivity contribution is 7.18. The number of halogens is 1. The minimum Gasteiger partial charge on any atom is -1.00 e. The molecule has 0 fully saturated rings. The minimum atomic E-state index is -0.394. The molecule has 11 heteroatoms. The zero-order valence-corrected chi connectivity index (χ0v) is 19.6. The Morgan fingerprint density at radius 1 is 0.966 bits per heavy atom. The molecule has 2 aromatic carbocycles. The number of non-ortho nitro benzene ring substituents is 2. The van der Waals surface area contributed by atoms with Crippen LogP contribution in [-0.2, 0) is 6.54 Å².